The Morgan fingerprint density at radius 2 is 2.20 bits per heavy atom. The second-order valence-corrected chi connectivity index (χ2v) is 4.89. The number of H-pyrrole nitrogens is 1. The van der Waals surface area contributed by atoms with Gasteiger partial charge in [-0.05, 0) is 6.07 Å². The first-order valence-corrected chi connectivity index (χ1v) is 5.99. The van der Waals surface area contributed by atoms with Gasteiger partial charge in [-0.2, -0.15) is 5.10 Å². The fraction of sp³-hybridized carbons (Fsp3) is 0.125. The highest BCUT2D eigenvalue weighted by Gasteiger charge is 2.12. The van der Waals surface area contributed by atoms with Gasteiger partial charge in [-0.15, -0.1) is 0 Å². The van der Waals surface area contributed by atoms with Crippen LogP contribution in [0.25, 0.3) is 11.3 Å². The van der Waals surface area contributed by atoms with E-state index in [1.807, 2.05) is 0 Å². The van der Waals surface area contributed by atoms with Crippen molar-refractivity contribution < 1.29 is 8.42 Å². The molecule has 0 bridgehead atoms. The molecule has 2 aromatic heterocycles. The molecule has 1 N–H and O–H groups in total. The van der Waals surface area contributed by atoms with Crippen molar-refractivity contribution in [2.24, 2.45) is 0 Å². The predicted molar refractivity (Wildman–Crippen MR) is 52.7 cm³/mol. The molecule has 15 heavy (non-hydrogen) atoms. The summed E-state index contributed by atoms with van der Waals surface area (Å²) in [6.07, 6.45) is 5.68. The molecule has 0 spiro atoms. The normalized spacial score (nSPS) is 11.5. The summed E-state index contributed by atoms with van der Waals surface area (Å²) in [5.41, 5.74) is 1.25. The molecule has 0 aromatic carbocycles. The fourth-order valence-corrected chi connectivity index (χ4v) is 1.59. The van der Waals surface area contributed by atoms with E-state index in [4.69, 9.17) is 0 Å². The topological polar surface area (TPSA) is 88.6 Å². The molecule has 6 nitrogen and oxygen atoms in total. The molecule has 7 heteroatoms. The van der Waals surface area contributed by atoms with Crippen LogP contribution in [0.5, 0.6) is 0 Å². The van der Waals surface area contributed by atoms with Crippen LogP contribution >= 0.6 is 0 Å². The summed E-state index contributed by atoms with van der Waals surface area (Å²) in [5, 5.41) is 6.20. The average molecular weight is 224 g/mol. The van der Waals surface area contributed by atoms with Gasteiger partial charge in [-0.3, -0.25) is 5.10 Å². The minimum absolute atomic E-state index is 0.179. The number of aromatic amines is 1. The largest absolute Gasteiger partial charge is 0.285 e. The van der Waals surface area contributed by atoms with E-state index < -0.39 is 9.84 Å². The first-order valence-electron chi connectivity index (χ1n) is 4.09. The fourth-order valence-electron chi connectivity index (χ4n) is 1.07. The zero-order valence-corrected chi connectivity index (χ0v) is 8.69. The van der Waals surface area contributed by atoms with Crippen LogP contribution in [0.3, 0.4) is 0 Å². The maximum Gasteiger partial charge on any atom is 0.247 e. The van der Waals surface area contributed by atoms with Crippen molar-refractivity contribution in [2.75, 3.05) is 6.26 Å². The Labute approximate surface area is 86.3 Å². The number of sulfone groups is 1. The van der Waals surface area contributed by atoms with Crippen LogP contribution in [-0.2, 0) is 9.84 Å². The van der Waals surface area contributed by atoms with Gasteiger partial charge < -0.3 is 0 Å². The minimum Gasteiger partial charge on any atom is -0.285 e. The van der Waals surface area contributed by atoms with E-state index in [1.165, 1.54) is 6.20 Å². The molecule has 0 radical (unpaired) electrons. The lowest BCUT2D eigenvalue weighted by Gasteiger charge is -1.98. The van der Waals surface area contributed by atoms with Crippen molar-refractivity contribution in [3.05, 3.63) is 24.7 Å². The van der Waals surface area contributed by atoms with E-state index in [0.717, 1.165) is 11.8 Å². The van der Waals surface area contributed by atoms with Crippen LogP contribution in [0.4, 0.5) is 0 Å². The monoisotopic (exact) mass is 224 g/mol. The second kappa shape index (κ2) is 3.43. The molecule has 0 atom stereocenters. The molecule has 2 heterocycles. The molecule has 2 aromatic rings. The maximum absolute atomic E-state index is 11.2. The molecule has 0 unspecified atom stereocenters. The number of rotatable bonds is 2. The first-order chi connectivity index (χ1) is 7.07. The van der Waals surface area contributed by atoms with Crippen molar-refractivity contribution in [2.45, 2.75) is 5.16 Å². The van der Waals surface area contributed by atoms with E-state index in [0.29, 0.717) is 5.69 Å². The Balaban J connectivity index is 2.53. The van der Waals surface area contributed by atoms with Gasteiger partial charge in [0, 0.05) is 24.2 Å². The Kier molecular flexibility index (Phi) is 2.24. The number of aromatic nitrogens is 4. The Bertz CT molecular complexity index is 562. The lowest BCUT2D eigenvalue weighted by Crippen LogP contribution is -2.03. The molecule has 0 aliphatic heterocycles. The highest BCUT2D eigenvalue weighted by atomic mass is 32.2. The lowest BCUT2D eigenvalue weighted by molar-refractivity contribution is 0.593. The summed E-state index contributed by atoms with van der Waals surface area (Å²) in [6, 6.07) is 1.62. The van der Waals surface area contributed by atoms with Gasteiger partial charge in [0.2, 0.25) is 15.0 Å². The van der Waals surface area contributed by atoms with Crippen LogP contribution in [0.15, 0.2) is 29.8 Å². The quantitative estimate of drug-likeness (QED) is 0.739. The van der Waals surface area contributed by atoms with Crippen LogP contribution in [-0.4, -0.2) is 34.8 Å². The van der Waals surface area contributed by atoms with Gasteiger partial charge in [0.1, 0.15) is 0 Å². The summed E-state index contributed by atoms with van der Waals surface area (Å²) in [6.45, 7) is 0. The van der Waals surface area contributed by atoms with Gasteiger partial charge in [0.25, 0.3) is 0 Å². The second-order valence-electron chi connectivity index (χ2n) is 2.98. The average Bonchev–Trinajstić information content (AvgIpc) is 2.69. The van der Waals surface area contributed by atoms with Gasteiger partial charge in [-0.25, -0.2) is 18.4 Å². The minimum atomic E-state index is -3.37. The highest BCUT2D eigenvalue weighted by Crippen LogP contribution is 2.15. The zero-order chi connectivity index (χ0) is 10.9. The lowest BCUT2D eigenvalue weighted by atomic mass is 10.2. The van der Waals surface area contributed by atoms with E-state index in [-0.39, 0.29) is 5.16 Å². The van der Waals surface area contributed by atoms with Gasteiger partial charge in [0.15, 0.2) is 0 Å². The highest BCUT2D eigenvalue weighted by molar-refractivity contribution is 7.90. The Hall–Kier alpha value is -1.76. The number of hydrogen-bond acceptors (Lipinski definition) is 5. The summed E-state index contributed by atoms with van der Waals surface area (Å²) in [4.78, 5) is 7.62. The summed E-state index contributed by atoms with van der Waals surface area (Å²) < 4.78 is 22.4. The van der Waals surface area contributed by atoms with Crippen molar-refractivity contribution in [1.82, 2.24) is 20.2 Å². The third kappa shape index (κ3) is 2.01. The van der Waals surface area contributed by atoms with Crippen LogP contribution in [0.1, 0.15) is 0 Å². The zero-order valence-electron chi connectivity index (χ0n) is 7.88. The van der Waals surface area contributed by atoms with Gasteiger partial charge in [-0.1, -0.05) is 0 Å². The maximum atomic E-state index is 11.2. The van der Waals surface area contributed by atoms with E-state index in [9.17, 15) is 8.42 Å². The van der Waals surface area contributed by atoms with Gasteiger partial charge >= 0.3 is 0 Å². The van der Waals surface area contributed by atoms with Gasteiger partial charge in [0.05, 0.1) is 11.9 Å². The SMILES string of the molecule is CS(=O)(=O)c1nccc(-c2cn[nH]c2)n1. The van der Waals surface area contributed by atoms with Crippen LogP contribution in [0.2, 0.25) is 0 Å². The summed E-state index contributed by atoms with van der Waals surface area (Å²) in [7, 11) is -3.37. The molecule has 0 saturated heterocycles. The third-order valence-corrected chi connectivity index (χ3v) is 2.62. The Morgan fingerprint density at radius 3 is 2.80 bits per heavy atom. The van der Waals surface area contributed by atoms with Crippen molar-refractivity contribution in [3.8, 4) is 11.3 Å². The molecular formula is C8H8N4O2S. The van der Waals surface area contributed by atoms with Crippen molar-refractivity contribution >= 4 is 9.84 Å². The molecule has 0 aliphatic rings. The smallest absolute Gasteiger partial charge is 0.247 e. The number of nitrogens with zero attached hydrogens (tertiary/aromatic N) is 3. The standard InChI is InChI=1S/C8H8N4O2S/c1-15(13,14)8-9-3-2-7(12-8)6-4-10-11-5-6/h2-5H,1H3,(H,10,11). The predicted octanol–water partition coefficient (Wildman–Crippen LogP) is 0.270. The molecule has 0 fully saturated rings. The van der Waals surface area contributed by atoms with E-state index >= 15 is 0 Å². The van der Waals surface area contributed by atoms with E-state index in [1.54, 1.807) is 18.5 Å². The molecule has 0 aliphatic carbocycles. The molecular weight excluding hydrogens is 216 g/mol. The van der Waals surface area contributed by atoms with Crippen molar-refractivity contribution in [1.29, 1.82) is 0 Å². The molecule has 2 rings (SSSR count). The Morgan fingerprint density at radius 1 is 1.40 bits per heavy atom. The summed E-state index contributed by atoms with van der Waals surface area (Å²) in [5.74, 6) is 0. The molecule has 0 amide bonds. The first kappa shape index (κ1) is 9.78. The molecule has 78 valence electrons. The molecule has 0 saturated carbocycles. The van der Waals surface area contributed by atoms with Crippen molar-refractivity contribution in [3.63, 3.8) is 0 Å². The summed E-state index contributed by atoms with van der Waals surface area (Å²) >= 11 is 0. The van der Waals surface area contributed by atoms with E-state index in [2.05, 4.69) is 20.2 Å². The third-order valence-electron chi connectivity index (χ3n) is 1.76. The number of hydrogen-bond donors (Lipinski definition) is 1. The number of nitrogens with one attached hydrogen (secondary N) is 1. The van der Waals surface area contributed by atoms with Crippen LogP contribution < -0.4 is 0 Å². The van der Waals surface area contributed by atoms with Crippen LogP contribution in [0, 0.1) is 0 Å².